The molecule has 46 heavy (non-hydrogen) atoms. The van der Waals surface area contributed by atoms with E-state index in [0.717, 1.165) is 57.3 Å². The van der Waals surface area contributed by atoms with Crippen molar-refractivity contribution in [1.29, 1.82) is 0 Å². The number of benzene rings is 4. The van der Waals surface area contributed by atoms with Crippen molar-refractivity contribution in [2.45, 2.75) is 111 Å². The first kappa shape index (κ1) is 34.9. The Morgan fingerprint density at radius 3 is 1.26 bits per heavy atom. The molecule has 4 aromatic carbocycles. The van der Waals surface area contributed by atoms with Crippen molar-refractivity contribution >= 4 is 0 Å². The van der Waals surface area contributed by atoms with E-state index < -0.39 is 0 Å². The van der Waals surface area contributed by atoms with Gasteiger partial charge in [0, 0.05) is 17.3 Å². The van der Waals surface area contributed by atoms with Crippen LogP contribution in [0.15, 0.2) is 72.8 Å². The van der Waals surface area contributed by atoms with Crippen LogP contribution in [0.3, 0.4) is 0 Å². The van der Waals surface area contributed by atoms with E-state index in [0.29, 0.717) is 12.8 Å². The van der Waals surface area contributed by atoms with Gasteiger partial charge in [-0.15, -0.1) is 0 Å². The van der Waals surface area contributed by atoms with E-state index in [4.69, 9.17) is 0 Å². The van der Waals surface area contributed by atoms with E-state index in [-0.39, 0.29) is 44.7 Å². The number of phenolic OH excluding ortho intramolecular Hbond substituents is 4. The molecule has 4 heteroatoms. The molecule has 0 fully saturated rings. The normalized spacial score (nSPS) is 14.9. The lowest BCUT2D eigenvalue weighted by Crippen LogP contribution is -2.25. The number of rotatable bonds is 9. The molecule has 0 aliphatic carbocycles. The maximum absolute atomic E-state index is 11.8. The first-order valence-corrected chi connectivity index (χ1v) is 16.6. The van der Waals surface area contributed by atoms with Crippen LogP contribution < -0.4 is 0 Å². The molecule has 0 aliphatic heterocycles. The van der Waals surface area contributed by atoms with Crippen molar-refractivity contribution < 1.29 is 20.4 Å². The summed E-state index contributed by atoms with van der Waals surface area (Å²) in [4.78, 5) is 0. The second-order valence-corrected chi connectivity index (χ2v) is 15.8. The Kier molecular flexibility index (Phi) is 9.65. The SMILES string of the molecule is CCC(C)(c1ccc(O)cc1)c1cc(Cc2cc(C(C)(CC)c3ccc(O)cc3)cc(C(C)(C)C)c2O)c(O)c(CC(C)(C)C)c1. The third kappa shape index (κ3) is 7.07. The van der Waals surface area contributed by atoms with E-state index in [1.807, 2.05) is 24.3 Å². The van der Waals surface area contributed by atoms with E-state index in [1.54, 1.807) is 24.3 Å². The van der Waals surface area contributed by atoms with Crippen molar-refractivity contribution in [3.05, 3.63) is 117 Å². The Hall–Kier alpha value is -3.92. The maximum atomic E-state index is 11.8. The minimum absolute atomic E-state index is 0.0525. The molecular weight excluding hydrogens is 568 g/mol. The molecule has 0 spiro atoms. The summed E-state index contributed by atoms with van der Waals surface area (Å²) in [5, 5.41) is 43.7. The highest BCUT2D eigenvalue weighted by molar-refractivity contribution is 5.56. The van der Waals surface area contributed by atoms with Crippen molar-refractivity contribution in [3.8, 4) is 23.0 Å². The second-order valence-electron chi connectivity index (χ2n) is 15.8. The van der Waals surface area contributed by atoms with Gasteiger partial charge in [0.2, 0.25) is 0 Å². The van der Waals surface area contributed by atoms with E-state index in [9.17, 15) is 20.4 Å². The zero-order valence-electron chi connectivity index (χ0n) is 29.5. The van der Waals surface area contributed by atoms with Gasteiger partial charge in [-0.25, -0.2) is 0 Å². The van der Waals surface area contributed by atoms with Gasteiger partial charge in [0.1, 0.15) is 23.0 Å². The first-order valence-electron chi connectivity index (χ1n) is 16.6. The molecule has 4 nitrogen and oxygen atoms in total. The van der Waals surface area contributed by atoms with Gasteiger partial charge in [0.25, 0.3) is 0 Å². The molecule has 2 unspecified atom stereocenters. The number of phenols is 4. The summed E-state index contributed by atoms with van der Waals surface area (Å²) in [6, 6.07) is 23.3. The monoisotopic (exact) mass is 622 g/mol. The van der Waals surface area contributed by atoms with E-state index >= 15 is 0 Å². The maximum Gasteiger partial charge on any atom is 0.122 e. The summed E-state index contributed by atoms with van der Waals surface area (Å²) < 4.78 is 0. The zero-order chi connectivity index (χ0) is 34.2. The third-order valence-electron chi connectivity index (χ3n) is 10.1. The van der Waals surface area contributed by atoms with Crippen molar-refractivity contribution in [1.82, 2.24) is 0 Å². The predicted octanol–water partition coefficient (Wildman–Crippen LogP) is 10.4. The molecule has 0 amide bonds. The van der Waals surface area contributed by atoms with Crippen molar-refractivity contribution in [3.63, 3.8) is 0 Å². The number of hydrogen-bond acceptors (Lipinski definition) is 4. The fraction of sp³-hybridized carbons (Fsp3) is 0.429. The van der Waals surface area contributed by atoms with Crippen LogP contribution >= 0.6 is 0 Å². The van der Waals surface area contributed by atoms with Crippen molar-refractivity contribution in [2.75, 3.05) is 0 Å². The molecule has 0 radical (unpaired) electrons. The van der Waals surface area contributed by atoms with Crippen LogP contribution in [0.25, 0.3) is 0 Å². The minimum Gasteiger partial charge on any atom is -0.508 e. The van der Waals surface area contributed by atoms with Crippen LogP contribution in [0.2, 0.25) is 0 Å². The molecule has 0 aliphatic rings. The van der Waals surface area contributed by atoms with E-state index in [2.05, 4.69) is 93.5 Å². The summed E-state index contributed by atoms with van der Waals surface area (Å²) in [7, 11) is 0. The van der Waals surface area contributed by atoms with Crippen LogP contribution in [0.5, 0.6) is 23.0 Å². The standard InChI is InChI=1S/C42H54O4/c1-11-41(9,30-13-17-34(43)18-14-30)32-22-27(37(45)29(24-32)26-39(3,4)5)21-28-23-33(25-36(38(28)46)40(6,7)8)42(10,12-2)31-15-19-35(44)20-16-31/h13-20,22-25,43-46H,11-12,21,26H2,1-10H3. The van der Waals surface area contributed by atoms with Gasteiger partial charge in [-0.1, -0.05) is 118 Å². The van der Waals surface area contributed by atoms with Crippen LogP contribution in [0, 0.1) is 5.41 Å². The van der Waals surface area contributed by atoms with Gasteiger partial charge in [0.05, 0.1) is 0 Å². The van der Waals surface area contributed by atoms with Crippen LogP contribution in [0.1, 0.15) is 127 Å². The summed E-state index contributed by atoms with van der Waals surface area (Å²) in [5.41, 5.74) is 6.60. The average molecular weight is 623 g/mol. The fourth-order valence-corrected chi connectivity index (χ4v) is 6.65. The largest absolute Gasteiger partial charge is 0.508 e. The first-order chi connectivity index (χ1) is 21.3. The van der Waals surface area contributed by atoms with Gasteiger partial charge in [-0.3, -0.25) is 0 Å². The molecule has 4 N–H and O–H groups in total. The molecule has 0 bridgehead atoms. The van der Waals surface area contributed by atoms with Crippen LogP contribution in [0.4, 0.5) is 0 Å². The number of hydrogen-bond donors (Lipinski definition) is 4. The minimum atomic E-state index is -0.364. The van der Waals surface area contributed by atoms with Gasteiger partial charge in [-0.2, -0.15) is 0 Å². The lowest BCUT2D eigenvalue weighted by atomic mass is 9.71. The Morgan fingerprint density at radius 2 is 0.870 bits per heavy atom. The summed E-state index contributed by atoms with van der Waals surface area (Å²) in [5.74, 6) is 1.01. The lowest BCUT2D eigenvalue weighted by molar-refractivity contribution is 0.392. The summed E-state index contributed by atoms with van der Waals surface area (Å²) in [6.45, 7) is 21.6. The Balaban J connectivity index is 1.96. The van der Waals surface area contributed by atoms with Gasteiger partial charge >= 0.3 is 0 Å². The topological polar surface area (TPSA) is 80.9 Å². The molecule has 0 saturated carbocycles. The molecule has 0 saturated heterocycles. The van der Waals surface area contributed by atoms with Crippen LogP contribution in [-0.2, 0) is 29.1 Å². The van der Waals surface area contributed by atoms with Crippen LogP contribution in [-0.4, -0.2) is 20.4 Å². The fourth-order valence-electron chi connectivity index (χ4n) is 6.65. The third-order valence-corrected chi connectivity index (χ3v) is 10.1. The number of aromatic hydroxyl groups is 4. The smallest absolute Gasteiger partial charge is 0.122 e. The average Bonchev–Trinajstić information content (AvgIpc) is 2.98. The van der Waals surface area contributed by atoms with E-state index in [1.165, 1.54) is 0 Å². The molecule has 4 aromatic rings. The van der Waals surface area contributed by atoms with Gasteiger partial charge in [0.15, 0.2) is 0 Å². The Labute approximate surface area is 276 Å². The summed E-state index contributed by atoms with van der Waals surface area (Å²) >= 11 is 0. The van der Waals surface area contributed by atoms with Gasteiger partial charge < -0.3 is 20.4 Å². The molecule has 2 atom stereocenters. The quantitative estimate of drug-likeness (QED) is 0.150. The molecule has 0 aromatic heterocycles. The highest BCUT2D eigenvalue weighted by atomic mass is 16.3. The van der Waals surface area contributed by atoms with Gasteiger partial charge in [-0.05, 0) is 98.9 Å². The lowest BCUT2D eigenvalue weighted by Gasteiger charge is -2.33. The molecule has 0 heterocycles. The molecule has 246 valence electrons. The zero-order valence-corrected chi connectivity index (χ0v) is 29.5. The molecular formula is C42H54O4. The molecule has 4 rings (SSSR count). The predicted molar refractivity (Wildman–Crippen MR) is 191 cm³/mol. The highest BCUT2D eigenvalue weighted by Gasteiger charge is 2.33. The Bertz CT molecular complexity index is 1670. The Morgan fingerprint density at radius 1 is 0.478 bits per heavy atom. The highest BCUT2D eigenvalue weighted by Crippen LogP contribution is 2.45. The summed E-state index contributed by atoms with van der Waals surface area (Å²) in [6.07, 6.45) is 2.71. The van der Waals surface area contributed by atoms with Crippen molar-refractivity contribution in [2.24, 2.45) is 5.41 Å². The second kappa shape index (κ2) is 12.7.